The number of aliphatic hydroxyl groups is 1. The summed E-state index contributed by atoms with van der Waals surface area (Å²) in [7, 11) is -0.846. The SMILES string of the molecule is COC(=O)[C@@H](CO)NC(=O)[C@H](Cc1ccc(O[Si](C)(C)C(C)(C)C)cc1)NC(=O)OC(C)(C)C. The lowest BCUT2D eigenvalue weighted by atomic mass is 10.0. The molecule has 2 amide bonds. The van der Waals surface area contributed by atoms with Gasteiger partial charge in [-0.3, -0.25) is 4.79 Å². The van der Waals surface area contributed by atoms with Crippen LogP contribution in [0.4, 0.5) is 4.79 Å². The Labute approximate surface area is 203 Å². The Morgan fingerprint density at radius 1 is 0.971 bits per heavy atom. The summed E-state index contributed by atoms with van der Waals surface area (Å²) in [5.74, 6) is -0.710. The van der Waals surface area contributed by atoms with Gasteiger partial charge in [-0.15, -0.1) is 0 Å². The third-order valence-electron chi connectivity index (χ3n) is 5.53. The van der Waals surface area contributed by atoms with Gasteiger partial charge in [0.2, 0.25) is 14.2 Å². The molecule has 0 spiro atoms. The summed E-state index contributed by atoms with van der Waals surface area (Å²) < 4.78 is 16.2. The predicted octanol–water partition coefficient (Wildman–Crippen LogP) is 3.16. The fourth-order valence-electron chi connectivity index (χ4n) is 2.63. The van der Waals surface area contributed by atoms with E-state index in [1.165, 1.54) is 0 Å². The van der Waals surface area contributed by atoms with Gasteiger partial charge >= 0.3 is 12.1 Å². The fourth-order valence-corrected chi connectivity index (χ4v) is 3.66. The second-order valence-electron chi connectivity index (χ2n) is 10.7. The van der Waals surface area contributed by atoms with Crippen molar-refractivity contribution in [3.63, 3.8) is 0 Å². The second kappa shape index (κ2) is 11.7. The van der Waals surface area contributed by atoms with Crippen LogP contribution >= 0.6 is 0 Å². The Morgan fingerprint density at radius 3 is 1.97 bits per heavy atom. The number of carbonyl (C=O) groups is 3. The number of carbonyl (C=O) groups excluding carboxylic acids is 3. The summed E-state index contributed by atoms with van der Waals surface area (Å²) in [6, 6.07) is 5.01. The molecule has 0 radical (unpaired) electrons. The number of aliphatic hydroxyl groups excluding tert-OH is 1. The molecule has 1 rings (SSSR count). The molecule has 0 aliphatic carbocycles. The molecule has 0 aliphatic rings. The molecule has 0 saturated heterocycles. The lowest BCUT2D eigenvalue weighted by Crippen LogP contribution is -2.54. The van der Waals surface area contributed by atoms with Crippen LogP contribution in [0.25, 0.3) is 0 Å². The van der Waals surface area contributed by atoms with E-state index in [0.717, 1.165) is 18.4 Å². The van der Waals surface area contributed by atoms with Crippen LogP contribution < -0.4 is 15.1 Å². The summed E-state index contributed by atoms with van der Waals surface area (Å²) in [4.78, 5) is 37.0. The van der Waals surface area contributed by atoms with Crippen LogP contribution in [0.2, 0.25) is 18.1 Å². The average molecular weight is 497 g/mol. The van der Waals surface area contributed by atoms with E-state index in [1.807, 2.05) is 24.3 Å². The van der Waals surface area contributed by atoms with Crippen molar-refractivity contribution in [3.8, 4) is 5.75 Å². The minimum absolute atomic E-state index is 0.0507. The number of amides is 2. The van der Waals surface area contributed by atoms with Crippen LogP contribution in [0.15, 0.2) is 24.3 Å². The largest absolute Gasteiger partial charge is 0.544 e. The van der Waals surface area contributed by atoms with Crippen molar-refractivity contribution in [2.45, 2.75) is 83.8 Å². The Hall–Kier alpha value is -2.59. The summed E-state index contributed by atoms with van der Waals surface area (Å²) in [6.45, 7) is 15.3. The van der Waals surface area contributed by atoms with Gasteiger partial charge in [0.25, 0.3) is 0 Å². The van der Waals surface area contributed by atoms with E-state index < -0.39 is 50.6 Å². The van der Waals surface area contributed by atoms with Gasteiger partial charge in [-0.05, 0) is 56.6 Å². The van der Waals surface area contributed by atoms with Crippen molar-refractivity contribution in [2.24, 2.45) is 0 Å². The molecular formula is C24H40N2O7Si. The molecule has 0 bridgehead atoms. The minimum Gasteiger partial charge on any atom is -0.544 e. The Bertz CT molecular complexity index is 842. The first-order valence-electron chi connectivity index (χ1n) is 11.3. The lowest BCUT2D eigenvalue weighted by Gasteiger charge is -2.36. The van der Waals surface area contributed by atoms with E-state index >= 15 is 0 Å². The quantitative estimate of drug-likeness (QED) is 0.354. The van der Waals surface area contributed by atoms with E-state index in [2.05, 4.69) is 49.2 Å². The molecule has 9 nitrogen and oxygen atoms in total. The molecule has 1 aromatic carbocycles. The van der Waals surface area contributed by atoms with Crippen molar-refractivity contribution >= 4 is 26.3 Å². The summed E-state index contributed by atoms with van der Waals surface area (Å²) in [5.41, 5.74) is 0.00503. The van der Waals surface area contributed by atoms with Crippen LogP contribution in [0, 0.1) is 0 Å². The highest BCUT2D eigenvalue weighted by Crippen LogP contribution is 2.37. The number of methoxy groups -OCH3 is 1. The third kappa shape index (κ3) is 9.34. The number of esters is 1. The normalized spacial score (nSPS) is 13.9. The maximum atomic E-state index is 12.9. The predicted molar refractivity (Wildman–Crippen MR) is 132 cm³/mol. The van der Waals surface area contributed by atoms with Crippen molar-refractivity contribution in [1.29, 1.82) is 0 Å². The lowest BCUT2D eigenvalue weighted by molar-refractivity contribution is -0.146. The van der Waals surface area contributed by atoms with Crippen LogP contribution in [0.3, 0.4) is 0 Å². The zero-order valence-corrected chi connectivity index (χ0v) is 22.8. The smallest absolute Gasteiger partial charge is 0.408 e. The number of nitrogens with one attached hydrogen (secondary N) is 2. The molecule has 0 heterocycles. The van der Waals surface area contributed by atoms with Gasteiger partial charge in [-0.25, -0.2) is 9.59 Å². The number of alkyl carbamates (subject to hydrolysis) is 1. The number of hydrogen-bond acceptors (Lipinski definition) is 7. The van der Waals surface area contributed by atoms with E-state index in [-0.39, 0.29) is 11.5 Å². The molecule has 0 saturated carbocycles. The maximum Gasteiger partial charge on any atom is 0.408 e. The number of benzene rings is 1. The molecule has 0 aromatic heterocycles. The third-order valence-corrected chi connectivity index (χ3v) is 9.89. The summed E-state index contributed by atoms with van der Waals surface area (Å²) in [5, 5.41) is 14.4. The van der Waals surface area contributed by atoms with Gasteiger partial charge in [0.05, 0.1) is 13.7 Å². The second-order valence-corrected chi connectivity index (χ2v) is 15.4. The first-order valence-corrected chi connectivity index (χ1v) is 14.2. The van der Waals surface area contributed by atoms with E-state index in [4.69, 9.17) is 9.16 Å². The molecule has 2 atom stereocenters. The molecule has 0 aliphatic heterocycles. The molecule has 3 N–H and O–H groups in total. The van der Waals surface area contributed by atoms with Crippen molar-refractivity contribution in [2.75, 3.05) is 13.7 Å². The zero-order chi connectivity index (χ0) is 26.3. The van der Waals surface area contributed by atoms with Gasteiger partial charge in [-0.1, -0.05) is 32.9 Å². The molecule has 0 unspecified atom stereocenters. The average Bonchev–Trinajstić information content (AvgIpc) is 2.69. The van der Waals surface area contributed by atoms with Crippen LogP contribution in [0.1, 0.15) is 47.1 Å². The van der Waals surface area contributed by atoms with E-state index in [1.54, 1.807) is 20.8 Å². The van der Waals surface area contributed by atoms with Gasteiger partial charge in [0, 0.05) is 6.42 Å². The Balaban J connectivity index is 3.05. The molecular weight excluding hydrogens is 456 g/mol. The highest BCUT2D eigenvalue weighted by atomic mass is 28.4. The number of ether oxygens (including phenoxy) is 2. The molecule has 1 aromatic rings. The number of hydrogen-bond donors (Lipinski definition) is 3. The maximum absolute atomic E-state index is 12.9. The van der Waals surface area contributed by atoms with Gasteiger partial charge in [-0.2, -0.15) is 0 Å². The van der Waals surface area contributed by atoms with E-state index in [9.17, 15) is 19.5 Å². The zero-order valence-electron chi connectivity index (χ0n) is 21.8. The van der Waals surface area contributed by atoms with Gasteiger partial charge in [0.1, 0.15) is 17.4 Å². The number of rotatable bonds is 9. The first-order chi connectivity index (χ1) is 15.5. The monoisotopic (exact) mass is 496 g/mol. The Kier molecular flexibility index (Phi) is 10.1. The summed E-state index contributed by atoms with van der Waals surface area (Å²) in [6.07, 6.45) is -0.644. The molecule has 0 fully saturated rings. The molecule has 34 heavy (non-hydrogen) atoms. The van der Waals surface area contributed by atoms with Crippen LogP contribution in [0.5, 0.6) is 5.75 Å². The standard InChI is InChI=1S/C24H40N2O7Si/c1-23(2,3)32-22(30)26-18(20(28)25-19(15-27)21(29)31-7)14-16-10-12-17(13-11-16)33-34(8,9)24(4,5)6/h10-13,18-19,27H,14-15H2,1-9H3,(H,25,28)(H,26,30)/t18-,19+/m0/s1. The van der Waals surface area contributed by atoms with Crippen LogP contribution in [-0.4, -0.2) is 62.8 Å². The van der Waals surface area contributed by atoms with E-state index in [0.29, 0.717) is 0 Å². The highest BCUT2D eigenvalue weighted by molar-refractivity contribution is 6.74. The van der Waals surface area contributed by atoms with Gasteiger partial charge < -0.3 is 29.6 Å². The molecule has 10 heteroatoms. The molecule has 192 valence electrons. The summed E-state index contributed by atoms with van der Waals surface area (Å²) >= 11 is 0. The van der Waals surface area contributed by atoms with Crippen LogP contribution in [-0.2, 0) is 25.5 Å². The van der Waals surface area contributed by atoms with Crippen molar-refractivity contribution in [3.05, 3.63) is 29.8 Å². The highest BCUT2D eigenvalue weighted by Gasteiger charge is 2.39. The fraction of sp³-hybridized carbons (Fsp3) is 0.625. The first kappa shape index (κ1) is 29.4. The topological polar surface area (TPSA) is 123 Å². The Morgan fingerprint density at radius 2 is 1.53 bits per heavy atom. The van der Waals surface area contributed by atoms with Gasteiger partial charge in [0.15, 0.2) is 6.04 Å². The minimum atomic E-state index is -2.00. The van der Waals surface area contributed by atoms with Crippen molar-refractivity contribution in [1.82, 2.24) is 10.6 Å². The van der Waals surface area contributed by atoms with Crippen molar-refractivity contribution < 1.29 is 33.4 Å².